The molecule has 1 aliphatic heterocycles. The second kappa shape index (κ2) is 6.75. The van der Waals surface area contributed by atoms with Crippen molar-refractivity contribution < 1.29 is 8.42 Å². The maximum absolute atomic E-state index is 12.8. The van der Waals surface area contributed by atoms with Crippen LogP contribution in [-0.4, -0.2) is 50.3 Å². The molecule has 1 aliphatic rings. The topological polar surface area (TPSA) is 40.6 Å². The van der Waals surface area contributed by atoms with Crippen LogP contribution in [0, 0.1) is 0 Å². The molecule has 1 unspecified atom stereocenters. The van der Waals surface area contributed by atoms with E-state index in [0.29, 0.717) is 17.3 Å². The summed E-state index contributed by atoms with van der Waals surface area (Å²) in [6, 6.07) is 1.75. The summed E-state index contributed by atoms with van der Waals surface area (Å²) < 4.78 is 27.3. The Kier molecular flexibility index (Phi) is 5.48. The van der Waals surface area contributed by atoms with Crippen LogP contribution in [-0.2, 0) is 15.9 Å². The second-order valence-corrected chi connectivity index (χ2v) is 8.33. The molecule has 2 rings (SSSR count). The Morgan fingerprint density at radius 1 is 1.45 bits per heavy atom. The van der Waals surface area contributed by atoms with Crippen LogP contribution < -0.4 is 0 Å². The molecule has 0 radical (unpaired) electrons. The highest BCUT2D eigenvalue weighted by Gasteiger charge is 2.33. The first-order valence-electron chi connectivity index (χ1n) is 6.82. The molecule has 114 valence electrons. The monoisotopic (exact) mass is 336 g/mol. The van der Waals surface area contributed by atoms with Crippen molar-refractivity contribution in [1.29, 1.82) is 0 Å². The first-order chi connectivity index (χ1) is 9.48. The van der Waals surface area contributed by atoms with Gasteiger partial charge in [-0.1, -0.05) is 6.92 Å². The quantitative estimate of drug-likeness (QED) is 0.793. The van der Waals surface area contributed by atoms with Crippen molar-refractivity contribution in [1.82, 2.24) is 9.21 Å². The highest BCUT2D eigenvalue weighted by Crippen LogP contribution is 2.27. The summed E-state index contributed by atoms with van der Waals surface area (Å²) in [4.78, 5) is 3.49. The van der Waals surface area contributed by atoms with Gasteiger partial charge in [0.1, 0.15) is 0 Å². The zero-order valence-corrected chi connectivity index (χ0v) is 14.3. The number of nitrogens with zero attached hydrogens (tertiary/aromatic N) is 2. The predicted octanol–water partition coefficient (Wildman–Crippen LogP) is 2.59. The van der Waals surface area contributed by atoms with Gasteiger partial charge in [0, 0.05) is 29.4 Å². The number of halogens is 1. The normalized spacial score (nSPS) is 22.9. The molecule has 0 aromatic carbocycles. The highest BCUT2D eigenvalue weighted by atomic mass is 35.5. The number of likely N-dealkylation sites (N-methyl/N-ethyl adjacent to an activating group) is 1. The minimum Gasteiger partial charge on any atom is -0.305 e. The van der Waals surface area contributed by atoms with Gasteiger partial charge >= 0.3 is 0 Å². The number of sulfonamides is 1. The molecule has 0 saturated carbocycles. The molecule has 0 N–H and O–H groups in total. The van der Waals surface area contributed by atoms with E-state index in [-0.39, 0.29) is 6.04 Å². The van der Waals surface area contributed by atoms with Gasteiger partial charge in [0.25, 0.3) is 0 Å². The lowest BCUT2D eigenvalue weighted by molar-refractivity contribution is 0.270. The number of hydrogen-bond acceptors (Lipinski definition) is 4. The Balaban J connectivity index is 2.30. The van der Waals surface area contributed by atoms with Crippen LogP contribution in [0.25, 0.3) is 0 Å². The van der Waals surface area contributed by atoms with E-state index < -0.39 is 10.0 Å². The third kappa shape index (κ3) is 3.36. The minimum atomic E-state index is -3.40. The Morgan fingerprint density at radius 3 is 2.80 bits per heavy atom. The molecule has 1 aromatic rings. The van der Waals surface area contributed by atoms with E-state index in [1.807, 2.05) is 6.92 Å². The molecule has 4 nitrogen and oxygen atoms in total. The van der Waals surface area contributed by atoms with Crippen LogP contribution in [0.3, 0.4) is 0 Å². The third-order valence-electron chi connectivity index (χ3n) is 3.69. The zero-order valence-electron chi connectivity index (χ0n) is 11.9. The van der Waals surface area contributed by atoms with E-state index in [9.17, 15) is 8.42 Å². The second-order valence-electron chi connectivity index (χ2n) is 5.18. The smallest absolute Gasteiger partial charge is 0.244 e. The SMILES string of the molecule is CCC1CN(C)CCCN1S(=O)(=O)c1csc(CCl)c1. The van der Waals surface area contributed by atoms with E-state index in [1.165, 1.54) is 11.3 Å². The van der Waals surface area contributed by atoms with Crippen LogP contribution in [0.15, 0.2) is 16.3 Å². The average molecular weight is 337 g/mol. The van der Waals surface area contributed by atoms with Crippen LogP contribution in [0.4, 0.5) is 0 Å². The van der Waals surface area contributed by atoms with Crippen molar-refractivity contribution in [3.63, 3.8) is 0 Å². The highest BCUT2D eigenvalue weighted by molar-refractivity contribution is 7.89. The molecule has 7 heteroatoms. The molecule has 1 saturated heterocycles. The summed E-state index contributed by atoms with van der Waals surface area (Å²) in [5.41, 5.74) is 0. The molecule has 1 fully saturated rings. The molecule has 0 aliphatic carbocycles. The van der Waals surface area contributed by atoms with Gasteiger partial charge in [-0.3, -0.25) is 0 Å². The van der Waals surface area contributed by atoms with Gasteiger partial charge in [-0.15, -0.1) is 22.9 Å². The van der Waals surface area contributed by atoms with Gasteiger partial charge in [0.05, 0.1) is 10.8 Å². The number of thiophene rings is 1. The molecule has 0 spiro atoms. The van der Waals surface area contributed by atoms with E-state index in [2.05, 4.69) is 11.9 Å². The molecule has 2 heterocycles. The minimum absolute atomic E-state index is 0.0480. The lowest BCUT2D eigenvalue weighted by atomic mass is 10.2. The fraction of sp³-hybridized carbons (Fsp3) is 0.692. The molecule has 1 aromatic heterocycles. The van der Waals surface area contributed by atoms with Crippen LogP contribution in [0.1, 0.15) is 24.6 Å². The largest absolute Gasteiger partial charge is 0.305 e. The summed E-state index contributed by atoms with van der Waals surface area (Å²) in [6.45, 7) is 4.38. The summed E-state index contributed by atoms with van der Waals surface area (Å²) in [5.74, 6) is 0.361. The van der Waals surface area contributed by atoms with E-state index in [0.717, 1.165) is 30.8 Å². The van der Waals surface area contributed by atoms with Crippen LogP contribution in [0.5, 0.6) is 0 Å². The predicted molar refractivity (Wildman–Crippen MR) is 84.0 cm³/mol. The first kappa shape index (κ1) is 16.2. The Morgan fingerprint density at radius 2 is 2.20 bits per heavy atom. The van der Waals surface area contributed by atoms with E-state index in [1.54, 1.807) is 15.8 Å². The Hall–Kier alpha value is -0.140. The van der Waals surface area contributed by atoms with Gasteiger partial charge in [-0.25, -0.2) is 8.42 Å². The van der Waals surface area contributed by atoms with Gasteiger partial charge in [-0.05, 0) is 32.5 Å². The van der Waals surface area contributed by atoms with Gasteiger partial charge in [-0.2, -0.15) is 4.31 Å². The molecule has 0 bridgehead atoms. The molecule has 0 amide bonds. The third-order valence-corrected chi connectivity index (χ3v) is 7.15. The van der Waals surface area contributed by atoms with Crippen LogP contribution >= 0.6 is 22.9 Å². The van der Waals surface area contributed by atoms with E-state index in [4.69, 9.17) is 11.6 Å². The van der Waals surface area contributed by atoms with Gasteiger partial charge in [0.2, 0.25) is 10.0 Å². The maximum Gasteiger partial charge on any atom is 0.244 e. The standard InChI is InChI=1S/C13H21ClN2O2S2/c1-3-11-9-15(2)5-4-6-16(11)20(17,18)13-7-12(8-14)19-10-13/h7,10-11H,3-6,8-9H2,1-2H3. The first-order valence-corrected chi connectivity index (χ1v) is 9.68. The molecule has 20 heavy (non-hydrogen) atoms. The van der Waals surface area contributed by atoms with Crippen molar-refractivity contribution >= 4 is 33.0 Å². The maximum atomic E-state index is 12.8. The number of alkyl halides is 1. The Bertz CT molecular complexity index is 544. The molecule has 1 atom stereocenters. The Labute approximate surface area is 130 Å². The van der Waals surface area contributed by atoms with Gasteiger partial charge < -0.3 is 4.90 Å². The number of rotatable bonds is 4. The van der Waals surface area contributed by atoms with Crippen molar-refractivity contribution in [3.05, 3.63) is 16.3 Å². The van der Waals surface area contributed by atoms with Crippen LogP contribution in [0.2, 0.25) is 0 Å². The lowest BCUT2D eigenvalue weighted by Gasteiger charge is -2.28. The average Bonchev–Trinajstić information content (AvgIpc) is 2.83. The summed E-state index contributed by atoms with van der Waals surface area (Å²) in [7, 11) is -1.35. The number of hydrogen-bond donors (Lipinski definition) is 0. The summed E-state index contributed by atoms with van der Waals surface area (Å²) >= 11 is 7.18. The van der Waals surface area contributed by atoms with Crippen molar-refractivity contribution in [3.8, 4) is 0 Å². The van der Waals surface area contributed by atoms with Crippen molar-refractivity contribution in [2.75, 3.05) is 26.7 Å². The molecular weight excluding hydrogens is 316 g/mol. The summed E-state index contributed by atoms with van der Waals surface area (Å²) in [6.07, 6.45) is 1.70. The van der Waals surface area contributed by atoms with Crippen molar-refractivity contribution in [2.45, 2.75) is 36.6 Å². The zero-order chi connectivity index (χ0) is 14.8. The summed E-state index contributed by atoms with van der Waals surface area (Å²) in [5, 5.41) is 1.70. The fourth-order valence-electron chi connectivity index (χ4n) is 2.57. The molecular formula is C13H21ClN2O2S2. The van der Waals surface area contributed by atoms with Gasteiger partial charge in [0.15, 0.2) is 0 Å². The van der Waals surface area contributed by atoms with Crippen molar-refractivity contribution in [2.24, 2.45) is 0 Å². The fourth-order valence-corrected chi connectivity index (χ4v) is 5.68. The lowest BCUT2D eigenvalue weighted by Crippen LogP contribution is -2.43. The van der Waals surface area contributed by atoms with E-state index >= 15 is 0 Å².